The second-order valence-corrected chi connectivity index (χ2v) is 4.22. The standard InChI is InChI=1S/C9H14BrN3O/c1-6(2)7(4-14)13-9-3-8(10)11-5-12-9/h3,5-7,14H,4H2,1-2H3,(H,11,12,13). The molecule has 0 bridgehead atoms. The van der Waals surface area contributed by atoms with E-state index in [4.69, 9.17) is 5.11 Å². The Morgan fingerprint density at radius 2 is 2.21 bits per heavy atom. The molecule has 2 N–H and O–H groups in total. The fourth-order valence-electron chi connectivity index (χ4n) is 1.03. The molecule has 5 heteroatoms. The predicted octanol–water partition coefficient (Wildman–Crippen LogP) is 1.67. The Morgan fingerprint density at radius 1 is 1.50 bits per heavy atom. The maximum Gasteiger partial charge on any atom is 0.130 e. The number of aromatic nitrogens is 2. The molecule has 0 radical (unpaired) electrons. The molecule has 0 spiro atoms. The van der Waals surface area contributed by atoms with Gasteiger partial charge in [-0.3, -0.25) is 0 Å². The van der Waals surface area contributed by atoms with Gasteiger partial charge in [-0.25, -0.2) is 9.97 Å². The van der Waals surface area contributed by atoms with Crippen molar-refractivity contribution in [3.63, 3.8) is 0 Å². The van der Waals surface area contributed by atoms with Gasteiger partial charge in [0.05, 0.1) is 12.6 Å². The van der Waals surface area contributed by atoms with E-state index in [1.807, 2.05) is 13.8 Å². The number of aliphatic hydroxyl groups excluding tert-OH is 1. The van der Waals surface area contributed by atoms with E-state index in [0.717, 1.165) is 10.4 Å². The summed E-state index contributed by atoms with van der Waals surface area (Å²) in [6, 6.07) is 1.81. The van der Waals surface area contributed by atoms with Gasteiger partial charge in [0.15, 0.2) is 0 Å². The number of nitrogens with one attached hydrogen (secondary N) is 1. The first-order valence-corrected chi connectivity index (χ1v) is 5.27. The minimum absolute atomic E-state index is 0.0248. The summed E-state index contributed by atoms with van der Waals surface area (Å²) in [6.45, 7) is 4.19. The van der Waals surface area contributed by atoms with Crippen LogP contribution in [0.3, 0.4) is 0 Å². The molecule has 0 saturated heterocycles. The van der Waals surface area contributed by atoms with Crippen LogP contribution in [0, 0.1) is 5.92 Å². The van der Waals surface area contributed by atoms with Crippen LogP contribution < -0.4 is 5.32 Å². The van der Waals surface area contributed by atoms with Gasteiger partial charge < -0.3 is 10.4 Å². The minimum Gasteiger partial charge on any atom is -0.394 e. The largest absolute Gasteiger partial charge is 0.394 e. The van der Waals surface area contributed by atoms with Crippen molar-refractivity contribution in [2.24, 2.45) is 5.92 Å². The van der Waals surface area contributed by atoms with E-state index < -0.39 is 0 Å². The highest BCUT2D eigenvalue weighted by Crippen LogP contribution is 2.13. The van der Waals surface area contributed by atoms with Gasteiger partial charge in [0.25, 0.3) is 0 Å². The molecule has 0 aromatic carbocycles. The van der Waals surface area contributed by atoms with Crippen LogP contribution in [0.5, 0.6) is 0 Å². The van der Waals surface area contributed by atoms with E-state index in [9.17, 15) is 0 Å². The maximum absolute atomic E-state index is 9.11. The Morgan fingerprint density at radius 3 is 2.71 bits per heavy atom. The van der Waals surface area contributed by atoms with Gasteiger partial charge in [-0.05, 0) is 21.8 Å². The molecule has 0 aliphatic carbocycles. The van der Waals surface area contributed by atoms with E-state index in [1.54, 1.807) is 6.07 Å². The molecule has 14 heavy (non-hydrogen) atoms. The van der Waals surface area contributed by atoms with Crippen LogP contribution in [-0.4, -0.2) is 27.7 Å². The van der Waals surface area contributed by atoms with Crippen LogP contribution in [0.1, 0.15) is 13.8 Å². The van der Waals surface area contributed by atoms with E-state index in [-0.39, 0.29) is 12.6 Å². The first-order chi connectivity index (χ1) is 6.63. The maximum atomic E-state index is 9.11. The van der Waals surface area contributed by atoms with Crippen molar-refractivity contribution in [2.75, 3.05) is 11.9 Å². The summed E-state index contributed by atoms with van der Waals surface area (Å²) < 4.78 is 0.732. The second kappa shape index (κ2) is 5.26. The van der Waals surface area contributed by atoms with Crippen molar-refractivity contribution in [3.8, 4) is 0 Å². The van der Waals surface area contributed by atoms with Gasteiger partial charge >= 0.3 is 0 Å². The monoisotopic (exact) mass is 259 g/mol. The lowest BCUT2D eigenvalue weighted by Gasteiger charge is -2.20. The van der Waals surface area contributed by atoms with Crippen LogP contribution in [0.2, 0.25) is 0 Å². The molecule has 1 aromatic rings. The topological polar surface area (TPSA) is 58.0 Å². The third-order valence-corrected chi connectivity index (χ3v) is 2.40. The van der Waals surface area contributed by atoms with Gasteiger partial charge in [0, 0.05) is 6.07 Å². The Balaban J connectivity index is 2.67. The van der Waals surface area contributed by atoms with Crippen molar-refractivity contribution in [3.05, 3.63) is 17.0 Å². The molecule has 0 fully saturated rings. The molecule has 1 aromatic heterocycles. The number of halogens is 1. The number of anilines is 1. The molecule has 0 aliphatic heterocycles. The molecule has 1 atom stereocenters. The van der Waals surface area contributed by atoms with E-state index in [0.29, 0.717) is 5.92 Å². The lowest BCUT2D eigenvalue weighted by Crippen LogP contribution is -2.29. The fourth-order valence-corrected chi connectivity index (χ4v) is 1.33. The summed E-state index contributed by atoms with van der Waals surface area (Å²) in [6.07, 6.45) is 1.47. The molecule has 4 nitrogen and oxygen atoms in total. The molecule has 1 heterocycles. The van der Waals surface area contributed by atoms with Gasteiger partial charge in [0.1, 0.15) is 16.7 Å². The van der Waals surface area contributed by atoms with Gasteiger partial charge in [-0.2, -0.15) is 0 Å². The summed E-state index contributed by atoms with van der Waals surface area (Å²) in [4.78, 5) is 7.97. The summed E-state index contributed by atoms with van der Waals surface area (Å²) in [5.74, 6) is 1.08. The average Bonchev–Trinajstić information content (AvgIpc) is 2.14. The lowest BCUT2D eigenvalue weighted by molar-refractivity contribution is 0.249. The average molecular weight is 260 g/mol. The van der Waals surface area contributed by atoms with E-state index >= 15 is 0 Å². The predicted molar refractivity (Wildman–Crippen MR) is 59.1 cm³/mol. The van der Waals surface area contributed by atoms with Crippen molar-refractivity contribution in [2.45, 2.75) is 19.9 Å². The van der Waals surface area contributed by atoms with Gasteiger partial charge in [-0.1, -0.05) is 13.8 Å². The van der Waals surface area contributed by atoms with Crippen LogP contribution in [0.25, 0.3) is 0 Å². The number of hydrogen-bond donors (Lipinski definition) is 2. The Hall–Kier alpha value is -0.680. The third-order valence-electron chi connectivity index (χ3n) is 1.97. The summed E-state index contributed by atoms with van der Waals surface area (Å²) >= 11 is 3.26. The Kier molecular flexibility index (Phi) is 4.28. The van der Waals surface area contributed by atoms with Gasteiger partial charge in [0.2, 0.25) is 0 Å². The highest BCUT2D eigenvalue weighted by atomic mass is 79.9. The zero-order valence-corrected chi connectivity index (χ0v) is 9.82. The fraction of sp³-hybridized carbons (Fsp3) is 0.556. The summed E-state index contributed by atoms with van der Waals surface area (Å²) in [5, 5.41) is 12.2. The number of rotatable bonds is 4. The zero-order valence-electron chi connectivity index (χ0n) is 8.24. The van der Waals surface area contributed by atoms with E-state index in [1.165, 1.54) is 6.33 Å². The summed E-state index contributed by atoms with van der Waals surface area (Å²) in [5.41, 5.74) is 0. The van der Waals surface area contributed by atoms with Crippen LogP contribution in [0.15, 0.2) is 17.0 Å². The summed E-state index contributed by atoms with van der Waals surface area (Å²) in [7, 11) is 0. The smallest absolute Gasteiger partial charge is 0.130 e. The molecule has 1 rings (SSSR count). The Labute approximate surface area is 91.9 Å². The highest BCUT2D eigenvalue weighted by Gasteiger charge is 2.12. The van der Waals surface area contributed by atoms with Crippen molar-refractivity contribution >= 4 is 21.7 Å². The van der Waals surface area contributed by atoms with Crippen molar-refractivity contribution < 1.29 is 5.11 Å². The normalized spacial score (nSPS) is 12.9. The Bertz CT molecular complexity index is 293. The number of aliphatic hydroxyl groups is 1. The van der Waals surface area contributed by atoms with Gasteiger partial charge in [-0.15, -0.1) is 0 Å². The van der Waals surface area contributed by atoms with Crippen molar-refractivity contribution in [1.82, 2.24) is 9.97 Å². The van der Waals surface area contributed by atoms with Crippen LogP contribution >= 0.6 is 15.9 Å². The molecule has 0 aliphatic rings. The molecular weight excluding hydrogens is 246 g/mol. The molecule has 0 saturated carbocycles. The van der Waals surface area contributed by atoms with Crippen LogP contribution in [-0.2, 0) is 0 Å². The molecule has 1 unspecified atom stereocenters. The minimum atomic E-state index is 0.0248. The highest BCUT2D eigenvalue weighted by molar-refractivity contribution is 9.10. The third kappa shape index (κ3) is 3.23. The number of nitrogens with zero attached hydrogens (tertiary/aromatic N) is 2. The number of hydrogen-bond acceptors (Lipinski definition) is 4. The molecular formula is C9H14BrN3O. The second-order valence-electron chi connectivity index (χ2n) is 3.40. The van der Waals surface area contributed by atoms with Crippen LogP contribution in [0.4, 0.5) is 5.82 Å². The first-order valence-electron chi connectivity index (χ1n) is 4.48. The molecule has 78 valence electrons. The lowest BCUT2D eigenvalue weighted by atomic mass is 10.1. The quantitative estimate of drug-likeness (QED) is 0.808. The van der Waals surface area contributed by atoms with Crippen molar-refractivity contribution in [1.29, 1.82) is 0 Å². The molecule has 0 amide bonds. The van der Waals surface area contributed by atoms with E-state index in [2.05, 4.69) is 31.2 Å². The first kappa shape index (κ1) is 11.4. The zero-order chi connectivity index (χ0) is 10.6. The SMILES string of the molecule is CC(C)C(CO)Nc1cc(Br)ncn1.